The molecule has 1 aliphatic carbocycles. The first kappa shape index (κ1) is 19.1. The predicted molar refractivity (Wildman–Crippen MR) is 110 cm³/mol. The molecular formula is C23H37FSi. The van der Waals surface area contributed by atoms with E-state index in [0.717, 1.165) is 17.0 Å². The highest BCUT2D eigenvalue weighted by atomic mass is 28.3. The van der Waals surface area contributed by atoms with E-state index in [1.54, 1.807) is 0 Å². The van der Waals surface area contributed by atoms with Crippen molar-refractivity contribution in [2.45, 2.75) is 102 Å². The zero-order chi connectivity index (χ0) is 17.6. The number of unbranched alkanes of at least 4 members (excludes halogenated alkanes) is 2. The standard InChI is InChI=1S/C23H37FSi/c1-3-4-5-6-19-8-11-22(12-9-19)25-15-13-20(14-16-25)21-10-7-18(2)23(24)17-21/h7,10,17,19-20,22,25H,3-6,8-9,11-16H2,1-2H3. The molecule has 1 saturated heterocycles. The summed E-state index contributed by atoms with van der Waals surface area (Å²) in [6.45, 7) is 4.17. The normalized spacial score (nSPS) is 30.4. The Bertz CT molecular complexity index is 525. The van der Waals surface area contributed by atoms with Gasteiger partial charge in [-0.1, -0.05) is 82.5 Å². The van der Waals surface area contributed by atoms with Crippen LogP contribution in [-0.2, 0) is 0 Å². The molecule has 0 spiro atoms. The minimum absolute atomic E-state index is 0.0155. The van der Waals surface area contributed by atoms with Crippen molar-refractivity contribution in [2.75, 3.05) is 0 Å². The van der Waals surface area contributed by atoms with Gasteiger partial charge >= 0.3 is 0 Å². The Morgan fingerprint density at radius 2 is 1.72 bits per heavy atom. The Morgan fingerprint density at radius 3 is 2.36 bits per heavy atom. The van der Waals surface area contributed by atoms with E-state index in [1.807, 2.05) is 19.1 Å². The molecule has 1 aromatic rings. The highest BCUT2D eigenvalue weighted by molar-refractivity contribution is 6.60. The summed E-state index contributed by atoms with van der Waals surface area (Å²) < 4.78 is 13.9. The monoisotopic (exact) mass is 360 g/mol. The number of rotatable bonds is 6. The van der Waals surface area contributed by atoms with E-state index >= 15 is 0 Å². The lowest BCUT2D eigenvalue weighted by molar-refractivity contribution is 0.325. The van der Waals surface area contributed by atoms with E-state index in [-0.39, 0.29) is 5.82 Å². The van der Waals surface area contributed by atoms with Gasteiger partial charge in [0.15, 0.2) is 0 Å². The van der Waals surface area contributed by atoms with Crippen molar-refractivity contribution < 1.29 is 4.39 Å². The molecule has 2 heteroatoms. The zero-order valence-corrected chi connectivity index (χ0v) is 17.6. The van der Waals surface area contributed by atoms with Gasteiger partial charge in [0.25, 0.3) is 0 Å². The van der Waals surface area contributed by atoms with Gasteiger partial charge in [-0.25, -0.2) is 4.39 Å². The van der Waals surface area contributed by atoms with Gasteiger partial charge in [0.05, 0.1) is 0 Å². The van der Waals surface area contributed by atoms with Crippen molar-refractivity contribution in [3.63, 3.8) is 0 Å². The number of benzene rings is 1. The molecule has 0 N–H and O–H groups in total. The fraction of sp³-hybridized carbons (Fsp3) is 0.739. The van der Waals surface area contributed by atoms with E-state index in [1.165, 1.54) is 81.9 Å². The number of halogens is 1. The maximum absolute atomic E-state index is 13.9. The number of aryl methyl sites for hydroxylation is 1. The van der Waals surface area contributed by atoms with Gasteiger partial charge in [-0.15, -0.1) is 0 Å². The Labute approximate surface area is 156 Å². The highest BCUT2D eigenvalue weighted by Crippen LogP contribution is 2.44. The molecule has 0 atom stereocenters. The second kappa shape index (κ2) is 9.35. The molecule has 0 aromatic heterocycles. The third kappa shape index (κ3) is 5.18. The maximum Gasteiger partial charge on any atom is 0.126 e. The van der Waals surface area contributed by atoms with Crippen LogP contribution in [0.3, 0.4) is 0 Å². The Balaban J connectivity index is 1.43. The van der Waals surface area contributed by atoms with Crippen LogP contribution < -0.4 is 0 Å². The van der Waals surface area contributed by atoms with Crippen LogP contribution in [0.25, 0.3) is 0 Å². The molecule has 1 heterocycles. The SMILES string of the molecule is CCCCCC1CCC([SiH]2CCC(c3ccc(C)c(F)c3)CC2)CC1. The second-order valence-corrected chi connectivity index (χ2v) is 12.5. The molecule has 0 amide bonds. The third-order valence-corrected chi connectivity index (χ3v) is 11.4. The lowest BCUT2D eigenvalue weighted by Crippen LogP contribution is -2.29. The zero-order valence-electron chi connectivity index (χ0n) is 16.4. The first-order valence-electron chi connectivity index (χ1n) is 10.9. The fourth-order valence-corrected chi connectivity index (χ4v) is 9.64. The summed E-state index contributed by atoms with van der Waals surface area (Å²) in [5, 5.41) is 0. The van der Waals surface area contributed by atoms with Gasteiger partial charge in [-0.2, -0.15) is 0 Å². The van der Waals surface area contributed by atoms with E-state index in [4.69, 9.17) is 0 Å². The smallest absolute Gasteiger partial charge is 0.126 e. The predicted octanol–water partition coefficient (Wildman–Crippen LogP) is 7.38. The quantitative estimate of drug-likeness (QED) is 0.367. The van der Waals surface area contributed by atoms with Crippen LogP contribution in [0.5, 0.6) is 0 Å². The van der Waals surface area contributed by atoms with Crippen molar-refractivity contribution in [3.05, 3.63) is 35.1 Å². The average Bonchev–Trinajstić information content (AvgIpc) is 2.65. The molecule has 0 nitrogen and oxygen atoms in total. The highest BCUT2D eigenvalue weighted by Gasteiger charge is 2.32. The van der Waals surface area contributed by atoms with E-state index in [9.17, 15) is 4.39 Å². The largest absolute Gasteiger partial charge is 0.207 e. The molecule has 0 bridgehead atoms. The minimum atomic E-state index is -0.546. The summed E-state index contributed by atoms with van der Waals surface area (Å²) in [5.41, 5.74) is 3.16. The average molecular weight is 361 g/mol. The lowest BCUT2D eigenvalue weighted by atomic mass is 9.85. The number of hydrogen-bond acceptors (Lipinski definition) is 0. The summed E-state index contributed by atoms with van der Waals surface area (Å²) in [4.78, 5) is 0. The van der Waals surface area contributed by atoms with Crippen molar-refractivity contribution in [3.8, 4) is 0 Å². The first-order valence-corrected chi connectivity index (χ1v) is 13.2. The Kier molecular flexibility index (Phi) is 7.15. The molecule has 1 aliphatic heterocycles. The molecule has 1 aromatic carbocycles. The number of hydrogen-bond donors (Lipinski definition) is 0. The van der Waals surface area contributed by atoms with Crippen LogP contribution in [0.4, 0.5) is 4.39 Å². The summed E-state index contributed by atoms with van der Waals surface area (Å²) in [6, 6.07) is 8.96. The molecule has 2 fully saturated rings. The Hall–Kier alpha value is -0.633. The molecule has 0 radical (unpaired) electrons. The van der Waals surface area contributed by atoms with Crippen molar-refractivity contribution in [1.29, 1.82) is 0 Å². The van der Waals surface area contributed by atoms with Gasteiger partial charge < -0.3 is 0 Å². The summed E-state index contributed by atoms with van der Waals surface area (Å²) in [6.07, 6.45) is 14.5. The van der Waals surface area contributed by atoms with Crippen LogP contribution in [0.15, 0.2) is 18.2 Å². The van der Waals surface area contributed by atoms with E-state index < -0.39 is 8.80 Å². The van der Waals surface area contributed by atoms with Gasteiger partial charge in [0.1, 0.15) is 5.82 Å². The molecule has 25 heavy (non-hydrogen) atoms. The lowest BCUT2D eigenvalue weighted by Gasteiger charge is -2.37. The molecular weight excluding hydrogens is 323 g/mol. The van der Waals surface area contributed by atoms with Crippen molar-refractivity contribution in [2.24, 2.45) is 5.92 Å². The molecule has 3 rings (SSSR count). The summed E-state index contributed by atoms with van der Waals surface area (Å²) in [5.74, 6) is 1.66. The van der Waals surface area contributed by atoms with Crippen LogP contribution in [0.1, 0.15) is 88.2 Å². The minimum Gasteiger partial charge on any atom is -0.207 e. The van der Waals surface area contributed by atoms with Crippen LogP contribution in [-0.4, -0.2) is 8.80 Å². The maximum atomic E-state index is 13.9. The van der Waals surface area contributed by atoms with E-state index in [0.29, 0.717) is 5.92 Å². The van der Waals surface area contributed by atoms with Crippen LogP contribution >= 0.6 is 0 Å². The van der Waals surface area contributed by atoms with Crippen LogP contribution in [0, 0.1) is 18.7 Å². The Morgan fingerprint density at radius 1 is 1.00 bits per heavy atom. The fourth-order valence-electron chi connectivity index (χ4n) is 5.42. The topological polar surface area (TPSA) is 0 Å². The van der Waals surface area contributed by atoms with Crippen LogP contribution in [0.2, 0.25) is 17.6 Å². The van der Waals surface area contributed by atoms with Crippen molar-refractivity contribution in [1.82, 2.24) is 0 Å². The second-order valence-electron chi connectivity index (χ2n) is 8.90. The first-order chi connectivity index (χ1) is 12.2. The molecule has 2 aliphatic rings. The van der Waals surface area contributed by atoms with Gasteiger partial charge in [-0.05, 0) is 54.3 Å². The summed E-state index contributed by atoms with van der Waals surface area (Å²) >= 11 is 0. The van der Waals surface area contributed by atoms with Gasteiger partial charge in [-0.3, -0.25) is 0 Å². The van der Waals surface area contributed by atoms with Crippen molar-refractivity contribution >= 4 is 8.80 Å². The van der Waals surface area contributed by atoms with Gasteiger partial charge in [0, 0.05) is 8.80 Å². The molecule has 140 valence electrons. The molecule has 0 unspecified atom stereocenters. The summed E-state index contributed by atoms with van der Waals surface area (Å²) in [7, 11) is -0.546. The van der Waals surface area contributed by atoms with E-state index in [2.05, 4.69) is 13.0 Å². The molecule has 1 saturated carbocycles. The third-order valence-electron chi connectivity index (χ3n) is 7.21. The van der Waals surface area contributed by atoms with Gasteiger partial charge in [0.2, 0.25) is 0 Å².